The molecule has 2 heterocycles. The quantitative estimate of drug-likeness (QED) is 0.506. The van der Waals surface area contributed by atoms with Gasteiger partial charge in [0.25, 0.3) is 5.91 Å². The van der Waals surface area contributed by atoms with Crippen LogP contribution in [0.25, 0.3) is 0 Å². The highest BCUT2D eigenvalue weighted by Crippen LogP contribution is 2.35. The van der Waals surface area contributed by atoms with Crippen LogP contribution >= 0.6 is 0 Å². The summed E-state index contributed by atoms with van der Waals surface area (Å²) in [7, 11) is 3.20. The molecular weight excluding hydrogens is 412 g/mol. The largest absolute Gasteiger partial charge is 0.493 e. The van der Waals surface area contributed by atoms with Crippen molar-refractivity contribution in [3.05, 3.63) is 53.1 Å². The van der Waals surface area contributed by atoms with E-state index in [4.69, 9.17) is 14.2 Å². The fourth-order valence-corrected chi connectivity index (χ4v) is 4.30. The number of nitrogens with zero attached hydrogens (tertiary/aromatic N) is 2. The van der Waals surface area contributed by atoms with Crippen molar-refractivity contribution < 1.29 is 28.6 Å². The molecule has 1 fully saturated rings. The van der Waals surface area contributed by atoms with Gasteiger partial charge in [0.05, 0.1) is 44.5 Å². The molecule has 8 nitrogen and oxygen atoms in total. The molecule has 2 aliphatic rings. The Balaban J connectivity index is 1.52. The van der Waals surface area contributed by atoms with Crippen LogP contribution in [0.3, 0.4) is 0 Å². The van der Waals surface area contributed by atoms with Crippen molar-refractivity contribution in [3.63, 3.8) is 0 Å². The lowest BCUT2D eigenvalue weighted by Gasteiger charge is -2.32. The third-order valence-electron chi connectivity index (χ3n) is 5.95. The van der Waals surface area contributed by atoms with Gasteiger partial charge in [0, 0.05) is 13.1 Å². The Labute approximate surface area is 186 Å². The van der Waals surface area contributed by atoms with Gasteiger partial charge in [-0.1, -0.05) is 0 Å². The molecular formula is C24H26N2O6. The van der Waals surface area contributed by atoms with E-state index in [0.29, 0.717) is 35.8 Å². The Morgan fingerprint density at radius 2 is 1.69 bits per heavy atom. The zero-order chi connectivity index (χ0) is 22.8. The SMILES string of the molecule is CCOC(=O)c1ccc(N2C(=O)C[C@@H](N3CCc4cc(OC)c(OC)cc4C3)C2=O)cc1. The Morgan fingerprint density at radius 3 is 2.31 bits per heavy atom. The molecule has 0 unspecified atom stereocenters. The van der Waals surface area contributed by atoms with Crippen molar-refractivity contribution in [1.82, 2.24) is 4.90 Å². The number of rotatable bonds is 6. The maximum absolute atomic E-state index is 13.2. The fourth-order valence-electron chi connectivity index (χ4n) is 4.30. The number of ether oxygens (including phenoxy) is 3. The molecule has 168 valence electrons. The molecule has 0 aromatic heterocycles. The van der Waals surface area contributed by atoms with Crippen molar-refractivity contribution in [2.24, 2.45) is 0 Å². The lowest BCUT2D eigenvalue weighted by atomic mass is 9.97. The number of amides is 2. The number of hydrogen-bond acceptors (Lipinski definition) is 7. The topological polar surface area (TPSA) is 85.4 Å². The van der Waals surface area contributed by atoms with E-state index < -0.39 is 12.0 Å². The number of carbonyl (C=O) groups is 3. The smallest absolute Gasteiger partial charge is 0.338 e. The molecule has 2 aromatic carbocycles. The minimum Gasteiger partial charge on any atom is -0.493 e. The summed E-state index contributed by atoms with van der Waals surface area (Å²) in [4.78, 5) is 41.1. The second-order valence-corrected chi connectivity index (χ2v) is 7.75. The number of esters is 1. The van der Waals surface area contributed by atoms with Crippen LogP contribution in [0.5, 0.6) is 11.5 Å². The summed E-state index contributed by atoms with van der Waals surface area (Å²) in [5.41, 5.74) is 3.05. The average Bonchev–Trinajstić information content (AvgIpc) is 3.11. The lowest BCUT2D eigenvalue weighted by molar-refractivity contribution is -0.123. The second-order valence-electron chi connectivity index (χ2n) is 7.75. The predicted molar refractivity (Wildman–Crippen MR) is 117 cm³/mol. The highest BCUT2D eigenvalue weighted by molar-refractivity contribution is 6.22. The van der Waals surface area contributed by atoms with Crippen LogP contribution in [-0.4, -0.2) is 56.1 Å². The van der Waals surface area contributed by atoms with Crippen LogP contribution in [0.1, 0.15) is 34.8 Å². The second kappa shape index (κ2) is 9.00. The number of carbonyl (C=O) groups excluding carboxylic acids is 3. The monoisotopic (exact) mass is 438 g/mol. The van der Waals surface area contributed by atoms with E-state index in [1.165, 1.54) is 4.90 Å². The number of anilines is 1. The number of imide groups is 1. The van der Waals surface area contributed by atoms with E-state index in [9.17, 15) is 14.4 Å². The molecule has 1 atom stereocenters. The zero-order valence-electron chi connectivity index (χ0n) is 18.4. The molecule has 0 spiro atoms. The van der Waals surface area contributed by atoms with Gasteiger partial charge in [0.1, 0.15) is 0 Å². The van der Waals surface area contributed by atoms with Gasteiger partial charge < -0.3 is 14.2 Å². The summed E-state index contributed by atoms with van der Waals surface area (Å²) in [5, 5.41) is 0. The maximum atomic E-state index is 13.2. The first kappa shape index (κ1) is 21.8. The van der Waals surface area contributed by atoms with Crippen molar-refractivity contribution in [2.45, 2.75) is 32.4 Å². The summed E-state index contributed by atoms with van der Waals surface area (Å²) in [6.07, 6.45) is 0.878. The van der Waals surface area contributed by atoms with Crippen molar-refractivity contribution >= 4 is 23.5 Å². The summed E-state index contributed by atoms with van der Waals surface area (Å²) < 4.78 is 15.8. The van der Waals surface area contributed by atoms with Crippen LogP contribution < -0.4 is 14.4 Å². The van der Waals surface area contributed by atoms with Crippen molar-refractivity contribution in [3.8, 4) is 11.5 Å². The van der Waals surface area contributed by atoms with Gasteiger partial charge in [0.15, 0.2) is 11.5 Å². The average molecular weight is 438 g/mol. The van der Waals surface area contributed by atoms with Gasteiger partial charge in [-0.3, -0.25) is 14.5 Å². The van der Waals surface area contributed by atoms with E-state index in [1.807, 2.05) is 17.0 Å². The third kappa shape index (κ3) is 3.93. The van der Waals surface area contributed by atoms with Gasteiger partial charge in [-0.2, -0.15) is 0 Å². The van der Waals surface area contributed by atoms with E-state index in [2.05, 4.69) is 0 Å². The zero-order valence-corrected chi connectivity index (χ0v) is 18.4. The molecule has 2 aromatic rings. The Kier molecular flexibility index (Phi) is 6.14. The van der Waals surface area contributed by atoms with Gasteiger partial charge in [0.2, 0.25) is 5.91 Å². The molecule has 0 aliphatic carbocycles. The van der Waals surface area contributed by atoms with Gasteiger partial charge in [-0.15, -0.1) is 0 Å². The predicted octanol–water partition coefficient (Wildman–Crippen LogP) is 2.57. The third-order valence-corrected chi connectivity index (χ3v) is 5.95. The van der Waals surface area contributed by atoms with Crippen molar-refractivity contribution in [2.75, 3.05) is 32.3 Å². The van der Waals surface area contributed by atoms with Crippen LogP contribution in [0.2, 0.25) is 0 Å². The van der Waals surface area contributed by atoms with Gasteiger partial charge >= 0.3 is 5.97 Å². The summed E-state index contributed by atoms with van der Waals surface area (Å²) in [5.74, 6) is 0.398. The Morgan fingerprint density at radius 1 is 1.03 bits per heavy atom. The Hall–Kier alpha value is -3.39. The Bertz CT molecular complexity index is 1050. The van der Waals surface area contributed by atoms with Crippen molar-refractivity contribution in [1.29, 1.82) is 0 Å². The molecule has 0 radical (unpaired) electrons. The summed E-state index contributed by atoms with van der Waals surface area (Å²) >= 11 is 0. The highest BCUT2D eigenvalue weighted by Gasteiger charge is 2.43. The normalized spacial score (nSPS) is 18.5. The van der Waals surface area contributed by atoms with E-state index in [1.54, 1.807) is 45.4 Å². The van der Waals surface area contributed by atoms with Crippen LogP contribution in [-0.2, 0) is 27.3 Å². The lowest BCUT2D eigenvalue weighted by Crippen LogP contribution is -2.44. The van der Waals surface area contributed by atoms with Gasteiger partial charge in [-0.25, -0.2) is 9.69 Å². The first-order valence-corrected chi connectivity index (χ1v) is 10.6. The summed E-state index contributed by atoms with van der Waals surface area (Å²) in [6, 6.07) is 9.74. The van der Waals surface area contributed by atoms with Crippen LogP contribution in [0.15, 0.2) is 36.4 Å². The van der Waals surface area contributed by atoms with Crippen LogP contribution in [0.4, 0.5) is 5.69 Å². The highest BCUT2D eigenvalue weighted by atomic mass is 16.5. The molecule has 0 N–H and O–H groups in total. The van der Waals surface area contributed by atoms with Crippen LogP contribution in [0, 0.1) is 0 Å². The molecule has 4 rings (SSSR count). The minimum atomic E-state index is -0.520. The number of hydrogen-bond donors (Lipinski definition) is 0. The summed E-state index contributed by atoms with van der Waals surface area (Å²) in [6.45, 7) is 3.24. The van der Waals surface area contributed by atoms with E-state index in [-0.39, 0.29) is 24.8 Å². The minimum absolute atomic E-state index is 0.126. The molecule has 8 heteroatoms. The van der Waals surface area contributed by atoms with Gasteiger partial charge in [-0.05, 0) is 60.9 Å². The first-order valence-electron chi connectivity index (χ1n) is 10.6. The molecule has 0 bridgehead atoms. The molecule has 1 saturated heterocycles. The molecule has 2 aliphatic heterocycles. The maximum Gasteiger partial charge on any atom is 0.338 e. The van der Waals surface area contributed by atoms with E-state index >= 15 is 0 Å². The molecule has 2 amide bonds. The first-order chi connectivity index (χ1) is 15.5. The number of benzene rings is 2. The standard InChI is InChI=1S/C24H26N2O6/c1-4-32-24(29)15-5-7-18(8-6-15)26-22(27)13-19(23(26)28)25-10-9-16-11-20(30-2)21(31-3)12-17(16)14-25/h5-8,11-12,19H,4,9-10,13-14H2,1-3H3/t19-/m1/s1. The fraction of sp³-hybridized carbons (Fsp3) is 0.375. The molecule has 0 saturated carbocycles. The number of methoxy groups -OCH3 is 2. The van der Waals surface area contributed by atoms with E-state index in [0.717, 1.165) is 17.5 Å². The molecule has 32 heavy (non-hydrogen) atoms. The number of fused-ring (bicyclic) bond motifs is 1.